The predicted octanol–water partition coefficient (Wildman–Crippen LogP) is 7.13. The lowest BCUT2D eigenvalue weighted by atomic mass is 10.2. The Bertz CT molecular complexity index is 1040. The third-order valence-corrected chi connectivity index (χ3v) is 4.66. The van der Waals surface area contributed by atoms with Gasteiger partial charge in [0, 0.05) is 23.1 Å². The second-order valence-electron chi connectivity index (χ2n) is 5.40. The molecule has 11 heteroatoms. The highest BCUT2D eigenvalue weighted by molar-refractivity contribution is 7.10. The maximum absolute atomic E-state index is 14.3. The first-order chi connectivity index (χ1) is 13.1. The van der Waals surface area contributed by atoms with Crippen LogP contribution < -0.4 is 9.47 Å². The summed E-state index contributed by atoms with van der Waals surface area (Å²) in [6.45, 7) is 1.07. The van der Waals surface area contributed by atoms with Crippen molar-refractivity contribution in [1.29, 1.82) is 0 Å². The van der Waals surface area contributed by atoms with Crippen LogP contribution in [-0.2, 0) is 6.18 Å². The van der Waals surface area contributed by atoms with E-state index in [1.165, 1.54) is 0 Å². The Balaban J connectivity index is 1.94. The molecule has 0 aliphatic heterocycles. The van der Waals surface area contributed by atoms with Gasteiger partial charge in [0.15, 0.2) is 11.6 Å². The van der Waals surface area contributed by atoms with Gasteiger partial charge in [0.2, 0.25) is 0 Å². The molecule has 0 saturated carbocycles. The van der Waals surface area contributed by atoms with Crippen molar-refractivity contribution in [2.45, 2.75) is 13.1 Å². The van der Waals surface area contributed by atoms with Crippen LogP contribution in [-0.4, -0.2) is 4.98 Å². The summed E-state index contributed by atoms with van der Waals surface area (Å²) in [6, 6.07) is 3.81. The number of ether oxygens (including phenoxy) is 2. The van der Waals surface area contributed by atoms with Crippen LogP contribution in [0, 0.1) is 24.4 Å². The number of thiophene rings is 1. The summed E-state index contributed by atoms with van der Waals surface area (Å²) in [5.74, 6) is -5.03. The molecule has 3 nitrogen and oxygen atoms in total. The molecule has 28 heavy (non-hydrogen) atoms. The summed E-state index contributed by atoms with van der Waals surface area (Å²) < 4.78 is 89.9. The minimum absolute atomic E-state index is 0.0929. The molecule has 0 bridgehead atoms. The van der Waals surface area contributed by atoms with E-state index in [0.717, 1.165) is 30.5 Å². The fourth-order valence-electron chi connectivity index (χ4n) is 2.03. The topological polar surface area (TPSA) is 31.4 Å². The number of aromatic nitrogens is 1. The lowest BCUT2D eigenvalue weighted by molar-refractivity contribution is -0.134. The van der Waals surface area contributed by atoms with E-state index < -0.39 is 45.8 Å². The van der Waals surface area contributed by atoms with E-state index in [-0.39, 0.29) is 16.5 Å². The minimum Gasteiger partial charge on any atom is -0.436 e. The minimum atomic E-state index is -4.59. The van der Waals surface area contributed by atoms with E-state index in [4.69, 9.17) is 21.1 Å². The van der Waals surface area contributed by atoms with Crippen LogP contribution in [0.25, 0.3) is 0 Å². The van der Waals surface area contributed by atoms with Gasteiger partial charge in [0.1, 0.15) is 22.2 Å². The summed E-state index contributed by atoms with van der Waals surface area (Å²) in [7, 11) is 0. The number of halogens is 7. The Morgan fingerprint density at radius 1 is 0.964 bits per heavy atom. The number of hydrogen-bond acceptors (Lipinski definition) is 4. The average molecular weight is 440 g/mol. The smallest absolute Gasteiger partial charge is 0.425 e. The highest BCUT2D eigenvalue weighted by Gasteiger charge is 2.33. The first kappa shape index (κ1) is 20.3. The maximum atomic E-state index is 14.3. The van der Waals surface area contributed by atoms with Crippen molar-refractivity contribution in [3.8, 4) is 23.3 Å². The van der Waals surface area contributed by atoms with Gasteiger partial charge in [-0.05, 0) is 19.1 Å². The first-order valence-corrected chi connectivity index (χ1v) is 8.64. The lowest BCUT2D eigenvalue weighted by Crippen LogP contribution is -2.02. The SMILES string of the molecule is Cc1c(F)c(Oc2csc(C(F)(F)F)c2)nc(Oc2ccc(F)c(Cl)c2)c1F. The van der Waals surface area contributed by atoms with E-state index >= 15 is 0 Å². The molecule has 0 fully saturated rings. The number of nitrogens with zero attached hydrogens (tertiary/aromatic N) is 1. The molecule has 0 aliphatic rings. The van der Waals surface area contributed by atoms with E-state index in [1.54, 1.807) is 0 Å². The van der Waals surface area contributed by atoms with Gasteiger partial charge in [0.25, 0.3) is 11.8 Å². The molecule has 0 saturated heterocycles. The van der Waals surface area contributed by atoms with E-state index in [9.17, 15) is 26.3 Å². The molecule has 0 N–H and O–H groups in total. The molecule has 3 rings (SSSR count). The lowest BCUT2D eigenvalue weighted by Gasteiger charge is -2.12. The van der Waals surface area contributed by atoms with E-state index in [0.29, 0.717) is 17.4 Å². The second kappa shape index (κ2) is 7.51. The normalized spacial score (nSPS) is 11.6. The monoisotopic (exact) mass is 439 g/mol. The molecule has 0 aliphatic carbocycles. The van der Waals surface area contributed by atoms with Gasteiger partial charge < -0.3 is 9.47 Å². The molecule has 3 aromatic rings. The fourth-order valence-corrected chi connectivity index (χ4v) is 2.88. The Morgan fingerprint density at radius 3 is 2.11 bits per heavy atom. The first-order valence-electron chi connectivity index (χ1n) is 7.38. The van der Waals surface area contributed by atoms with E-state index in [1.807, 2.05) is 0 Å². The van der Waals surface area contributed by atoms with Gasteiger partial charge in [-0.2, -0.15) is 18.2 Å². The Morgan fingerprint density at radius 2 is 1.57 bits per heavy atom. The average Bonchev–Trinajstić information content (AvgIpc) is 3.09. The summed E-state index contributed by atoms with van der Waals surface area (Å²) in [4.78, 5) is 2.58. The molecule has 0 atom stereocenters. The van der Waals surface area contributed by atoms with Gasteiger partial charge in [-0.15, -0.1) is 11.3 Å². The van der Waals surface area contributed by atoms with Gasteiger partial charge in [-0.3, -0.25) is 0 Å². The summed E-state index contributed by atoms with van der Waals surface area (Å²) in [5, 5.41) is 0.703. The highest BCUT2D eigenvalue weighted by atomic mass is 35.5. The third-order valence-electron chi connectivity index (χ3n) is 3.41. The van der Waals surface area contributed by atoms with Crippen LogP contribution in [0.3, 0.4) is 0 Å². The molecule has 0 unspecified atom stereocenters. The number of pyridine rings is 1. The predicted molar refractivity (Wildman–Crippen MR) is 89.8 cm³/mol. The summed E-state index contributed by atoms with van der Waals surface area (Å²) in [5.41, 5.74) is -0.528. The molecule has 1 aromatic carbocycles. The third kappa shape index (κ3) is 4.17. The Labute approximate surface area is 163 Å². The molecular weight excluding hydrogens is 432 g/mol. The van der Waals surface area contributed by atoms with Crippen molar-refractivity contribution in [1.82, 2.24) is 4.98 Å². The zero-order valence-corrected chi connectivity index (χ0v) is 15.3. The summed E-state index contributed by atoms with van der Waals surface area (Å²) in [6.07, 6.45) is -4.59. The Hall–Kier alpha value is -2.46. The molecular formula is C17H8ClF6NO2S. The van der Waals surface area contributed by atoms with Crippen LogP contribution in [0.1, 0.15) is 10.4 Å². The molecule has 2 aromatic heterocycles. The van der Waals surface area contributed by atoms with Crippen LogP contribution in [0.15, 0.2) is 29.6 Å². The van der Waals surface area contributed by atoms with Gasteiger partial charge in [-0.1, -0.05) is 11.6 Å². The number of rotatable bonds is 4. The van der Waals surface area contributed by atoms with Crippen molar-refractivity contribution < 1.29 is 35.8 Å². The van der Waals surface area contributed by atoms with Crippen LogP contribution in [0.2, 0.25) is 5.02 Å². The highest BCUT2D eigenvalue weighted by Crippen LogP contribution is 2.39. The largest absolute Gasteiger partial charge is 0.436 e. The summed E-state index contributed by atoms with van der Waals surface area (Å²) >= 11 is 5.95. The second-order valence-corrected chi connectivity index (χ2v) is 6.72. The van der Waals surface area contributed by atoms with Crippen molar-refractivity contribution in [2.24, 2.45) is 0 Å². The molecule has 148 valence electrons. The van der Waals surface area contributed by atoms with Crippen molar-refractivity contribution in [3.63, 3.8) is 0 Å². The van der Waals surface area contributed by atoms with E-state index in [2.05, 4.69) is 4.98 Å². The fraction of sp³-hybridized carbons (Fsp3) is 0.118. The molecule has 0 radical (unpaired) electrons. The van der Waals surface area contributed by atoms with Gasteiger partial charge in [-0.25, -0.2) is 13.2 Å². The molecule has 2 heterocycles. The Kier molecular flexibility index (Phi) is 5.44. The van der Waals surface area contributed by atoms with Crippen LogP contribution in [0.4, 0.5) is 26.3 Å². The standard InChI is InChI=1S/C17H8ClF6NO2S/c1-7-13(20)15(26-8-2-3-11(19)10(18)4-8)25-16(14(7)21)27-9-5-12(28-6-9)17(22,23)24/h2-6H,1H3. The van der Waals surface area contributed by atoms with Gasteiger partial charge in [0.05, 0.1) is 5.02 Å². The quantitative estimate of drug-likeness (QED) is 0.405. The maximum Gasteiger partial charge on any atom is 0.425 e. The molecule has 0 amide bonds. The number of benzene rings is 1. The van der Waals surface area contributed by atoms with Crippen molar-refractivity contribution in [3.05, 3.63) is 62.6 Å². The van der Waals surface area contributed by atoms with Crippen LogP contribution in [0.5, 0.6) is 23.3 Å². The van der Waals surface area contributed by atoms with Gasteiger partial charge >= 0.3 is 6.18 Å². The zero-order chi connectivity index (χ0) is 20.6. The number of alkyl halides is 3. The molecule has 0 spiro atoms. The van der Waals surface area contributed by atoms with Crippen LogP contribution >= 0.6 is 22.9 Å². The number of hydrogen-bond donors (Lipinski definition) is 0. The zero-order valence-electron chi connectivity index (χ0n) is 13.7. The van der Waals surface area contributed by atoms with Crippen molar-refractivity contribution >= 4 is 22.9 Å². The van der Waals surface area contributed by atoms with Crippen molar-refractivity contribution in [2.75, 3.05) is 0 Å².